The molecule has 1 aromatic carbocycles. The zero-order valence-electron chi connectivity index (χ0n) is 10.4. The first kappa shape index (κ1) is 12.7. The number of anilines is 1. The second-order valence-electron chi connectivity index (χ2n) is 3.77. The molecule has 0 saturated heterocycles. The molecule has 0 saturated carbocycles. The lowest BCUT2D eigenvalue weighted by Crippen LogP contribution is -2.01. The number of ether oxygens (including phenoxy) is 2. The van der Waals surface area contributed by atoms with Crippen LogP contribution in [0.25, 0.3) is 11.3 Å². The van der Waals surface area contributed by atoms with Gasteiger partial charge < -0.3 is 20.3 Å². The van der Waals surface area contributed by atoms with Crippen molar-refractivity contribution in [1.29, 1.82) is 0 Å². The van der Waals surface area contributed by atoms with E-state index in [4.69, 9.17) is 20.3 Å². The first-order valence-electron chi connectivity index (χ1n) is 5.37. The van der Waals surface area contributed by atoms with Crippen LogP contribution in [-0.2, 0) is 0 Å². The van der Waals surface area contributed by atoms with Crippen LogP contribution in [0.1, 0.15) is 10.4 Å². The molecule has 4 N–H and O–H groups in total. The predicted octanol–water partition coefficient (Wildman–Crippen LogP) is 1.37. The lowest BCUT2D eigenvalue weighted by Gasteiger charge is -2.12. The maximum Gasteiger partial charge on any atom is 0.335 e. The van der Waals surface area contributed by atoms with Crippen molar-refractivity contribution in [1.82, 2.24) is 10.2 Å². The number of H-pyrrole nitrogens is 1. The molecule has 0 spiro atoms. The molecule has 1 heterocycles. The Bertz CT molecular complexity index is 621. The minimum Gasteiger partial charge on any atom is -0.493 e. The minimum atomic E-state index is -1.06. The van der Waals surface area contributed by atoms with Gasteiger partial charge in [0.15, 0.2) is 11.5 Å². The van der Waals surface area contributed by atoms with Gasteiger partial charge in [-0.05, 0) is 12.1 Å². The van der Waals surface area contributed by atoms with Crippen LogP contribution in [0.5, 0.6) is 11.5 Å². The number of hydrogen-bond donors (Lipinski definition) is 3. The average molecular weight is 263 g/mol. The lowest BCUT2D eigenvalue weighted by atomic mass is 10.1. The van der Waals surface area contributed by atoms with E-state index in [1.54, 1.807) is 6.07 Å². The van der Waals surface area contributed by atoms with Gasteiger partial charge in [-0.1, -0.05) is 0 Å². The fourth-order valence-electron chi connectivity index (χ4n) is 1.76. The molecule has 0 aliphatic rings. The third kappa shape index (κ3) is 2.30. The fourth-order valence-corrected chi connectivity index (χ4v) is 1.76. The molecule has 19 heavy (non-hydrogen) atoms. The standard InChI is InChI=1S/C12H13N3O4/c1-18-9-4-6(12(16)17)3-7(11(9)19-2)8-5-10(13)15-14-8/h3-5H,1-2H3,(H,16,17)(H3,13,14,15). The van der Waals surface area contributed by atoms with Gasteiger partial charge in [0.25, 0.3) is 0 Å². The van der Waals surface area contributed by atoms with Crippen LogP contribution in [0.2, 0.25) is 0 Å². The summed E-state index contributed by atoms with van der Waals surface area (Å²) in [4.78, 5) is 11.1. The van der Waals surface area contributed by atoms with E-state index in [9.17, 15) is 4.79 Å². The van der Waals surface area contributed by atoms with Gasteiger partial charge in [0, 0.05) is 11.6 Å². The van der Waals surface area contributed by atoms with Crippen LogP contribution in [-0.4, -0.2) is 35.5 Å². The van der Waals surface area contributed by atoms with Gasteiger partial charge in [0.05, 0.1) is 25.5 Å². The minimum absolute atomic E-state index is 0.0841. The van der Waals surface area contributed by atoms with E-state index < -0.39 is 5.97 Å². The molecule has 2 aromatic rings. The number of carbonyl (C=O) groups is 1. The molecule has 0 unspecified atom stereocenters. The number of nitrogens with one attached hydrogen (secondary N) is 1. The smallest absolute Gasteiger partial charge is 0.335 e. The fraction of sp³-hybridized carbons (Fsp3) is 0.167. The Hall–Kier alpha value is -2.70. The summed E-state index contributed by atoms with van der Waals surface area (Å²) >= 11 is 0. The summed E-state index contributed by atoms with van der Waals surface area (Å²) in [6.07, 6.45) is 0. The monoisotopic (exact) mass is 263 g/mol. The number of carboxylic acids is 1. The topological polar surface area (TPSA) is 110 Å². The summed E-state index contributed by atoms with van der Waals surface area (Å²) in [6.45, 7) is 0. The number of hydrogen-bond acceptors (Lipinski definition) is 5. The Kier molecular flexibility index (Phi) is 3.28. The molecule has 0 atom stereocenters. The number of nitrogens with zero attached hydrogens (tertiary/aromatic N) is 1. The van der Waals surface area contributed by atoms with Crippen molar-refractivity contribution in [3.8, 4) is 22.8 Å². The normalized spacial score (nSPS) is 10.2. The van der Waals surface area contributed by atoms with Gasteiger partial charge in [0.2, 0.25) is 0 Å². The average Bonchev–Trinajstić information content (AvgIpc) is 2.83. The van der Waals surface area contributed by atoms with E-state index in [-0.39, 0.29) is 5.56 Å². The second kappa shape index (κ2) is 4.89. The van der Waals surface area contributed by atoms with E-state index in [1.807, 2.05) is 0 Å². The highest BCUT2D eigenvalue weighted by atomic mass is 16.5. The molecular formula is C12H13N3O4. The molecule has 0 aliphatic carbocycles. The predicted molar refractivity (Wildman–Crippen MR) is 68.5 cm³/mol. The molecular weight excluding hydrogens is 250 g/mol. The van der Waals surface area contributed by atoms with Crippen molar-refractivity contribution in [2.24, 2.45) is 0 Å². The molecule has 7 nitrogen and oxygen atoms in total. The van der Waals surface area contributed by atoms with Crippen molar-refractivity contribution >= 4 is 11.8 Å². The highest BCUT2D eigenvalue weighted by molar-refractivity contribution is 5.91. The number of nitrogen functional groups attached to an aromatic ring is 1. The van der Waals surface area contributed by atoms with E-state index in [1.165, 1.54) is 26.4 Å². The van der Waals surface area contributed by atoms with Crippen LogP contribution in [0.4, 0.5) is 5.82 Å². The Balaban J connectivity index is 2.69. The highest BCUT2D eigenvalue weighted by Crippen LogP contribution is 2.38. The number of aromatic nitrogens is 2. The number of methoxy groups -OCH3 is 2. The number of rotatable bonds is 4. The maximum atomic E-state index is 11.1. The zero-order valence-corrected chi connectivity index (χ0v) is 10.4. The summed E-state index contributed by atoms with van der Waals surface area (Å²) in [5.74, 6) is -0.0202. The quantitative estimate of drug-likeness (QED) is 0.768. The van der Waals surface area contributed by atoms with Crippen molar-refractivity contribution < 1.29 is 19.4 Å². The van der Waals surface area contributed by atoms with Crippen LogP contribution in [0.3, 0.4) is 0 Å². The summed E-state index contributed by atoms with van der Waals surface area (Å²) in [5, 5.41) is 15.6. The molecule has 2 rings (SSSR count). The molecule has 7 heteroatoms. The Morgan fingerprint density at radius 3 is 2.53 bits per heavy atom. The van der Waals surface area contributed by atoms with Gasteiger partial charge in [-0.25, -0.2) is 4.79 Å². The molecule has 100 valence electrons. The van der Waals surface area contributed by atoms with E-state index >= 15 is 0 Å². The Morgan fingerprint density at radius 2 is 2.05 bits per heavy atom. The van der Waals surface area contributed by atoms with Gasteiger partial charge in [0.1, 0.15) is 5.82 Å². The number of aromatic carboxylic acids is 1. The van der Waals surface area contributed by atoms with Crippen molar-refractivity contribution in [2.45, 2.75) is 0 Å². The highest BCUT2D eigenvalue weighted by Gasteiger charge is 2.18. The number of carboxylic acid groups (broad SMARTS) is 1. The number of benzene rings is 1. The van der Waals surface area contributed by atoms with E-state index in [0.29, 0.717) is 28.6 Å². The third-order valence-electron chi connectivity index (χ3n) is 2.61. The summed E-state index contributed by atoms with van der Waals surface area (Å²) in [7, 11) is 2.91. The van der Waals surface area contributed by atoms with E-state index in [2.05, 4.69) is 10.2 Å². The SMILES string of the molecule is COc1cc(C(=O)O)cc(-c2cc(N)n[nH]2)c1OC. The van der Waals surface area contributed by atoms with Crippen molar-refractivity contribution in [3.63, 3.8) is 0 Å². The number of aromatic amines is 1. The second-order valence-corrected chi connectivity index (χ2v) is 3.77. The van der Waals surface area contributed by atoms with Gasteiger partial charge in [-0.3, -0.25) is 5.10 Å². The Morgan fingerprint density at radius 1 is 1.32 bits per heavy atom. The van der Waals surface area contributed by atoms with Crippen LogP contribution < -0.4 is 15.2 Å². The first-order chi connectivity index (χ1) is 9.06. The molecule has 1 aromatic heterocycles. The molecule has 0 fully saturated rings. The largest absolute Gasteiger partial charge is 0.493 e. The van der Waals surface area contributed by atoms with Crippen LogP contribution in [0.15, 0.2) is 18.2 Å². The van der Waals surface area contributed by atoms with Crippen LogP contribution in [0, 0.1) is 0 Å². The summed E-state index contributed by atoms with van der Waals surface area (Å²) in [6, 6.07) is 4.45. The Labute approximate surface area is 109 Å². The molecule has 0 radical (unpaired) electrons. The molecule has 0 bridgehead atoms. The van der Waals surface area contributed by atoms with Gasteiger partial charge >= 0.3 is 5.97 Å². The summed E-state index contributed by atoms with van der Waals surface area (Å²) < 4.78 is 10.4. The lowest BCUT2D eigenvalue weighted by molar-refractivity contribution is 0.0696. The zero-order chi connectivity index (χ0) is 14.0. The molecule has 0 aliphatic heterocycles. The first-order valence-corrected chi connectivity index (χ1v) is 5.37. The summed E-state index contributed by atoms with van der Waals surface area (Å²) in [5.41, 5.74) is 6.70. The van der Waals surface area contributed by atoms with Crippen molar-refractivity contribution in [3.05, 3.63) is 23.8 Å². The van der Waals surface area contributed by atoms with Gasteiger partial charge in [-0.2, -0.15) is 5.10 Å². The third-order valence-corrected chi connectivity index (χ3v) is 2.61. The molecule has 0 amide bonds. The van der Waals surface area contributed by atoms with Gasteiger partial charge in [-0.15, -0.1) is 0 Å². The van der Waals surface area contributed by atoms with Crippen LogP contribution >= 0.6 is 0 Å². The maximum absolute atomic E-state index is 11.1. The van der Waals surface area contributed by atoms with E-state index in [0.717, 1.165) is 0 Å². The number of nitrogens with two attached hydrogens (primary N) is 1. The van der Waals surface area contributed by atoms with Crippen molar-refractivity contribution in [2.75, 3.05) is 20.0 Å².